The van der Waals surface area contributed by atoms with E-state index < -0.39 is 12.1 Å². The Balaban J connectivity index is 3.41. The predicted octanol–water partition coefficient (Wildman–Crippen LogP) is 23.5. The maximum absolute atomic E-state index is 12.5. The highest BCUT2D eigenvalue weighted by Crippen LogP contribution is 2.19. The molecule has 0 radical (unpaired) electrons. The van der Waals surface area contributed by atoms with Gasteiger partial charge in [-0.25, -0.2) is 0 Å². The molecule has 1 amide bonds. The number of carbonyl (C=O) groups is 1. The van der Waals surface area contributed by atoms with Crippen LogP contribution in [0.4, 0.5) is 0 Å². The number of allylic oxidation sites excluding steroid dienone is 5. The van der Waals surface area contributed by atoms with Gasteiger partial charge < -0.3 is 15.5 Å². The lowest BCUT2D eigenvalue weighted by molar-refractivity contribution is -0.123. The minimum absolute atomic E-state index is 0.0653. The van der Waals surface area contributed by atoms with Crippen molar-refractivity contribution < 1.29 is 15.0 Å². The van der Waals surface area contributed by atoms with Gasteiger partial charge >= 0.3 is 0 Å². The Kier molecular flexibility index (Phi) is 65.6. The fourth-order valence-corrected chi connectivity index (χ4v) is 11.1. The molecule has 0 fully saturated rings. The van der Waals surface area contributed by atoms with Crippen LogP contribution in [0, 0.1) is 0 Å². The number of unbranched alkanes of at least 4 members (excludes halogenated alkanes) is 54. The standard InChI is InChI=1S/C71H137NO3/c1-3-5-7-9-11-13-15-17-19-21-23-25-27-29-30-31-32-33-34-35-36-37-38-39-40-41-42-43-45-47-49-51-53-55-57-59-61-63-65-67-71(75)72-69(68-73)70(74)66-64-62-60-58-56-54-52-50-48-46-44-28-26-24-22-20-18-16-14-12-10-8-6-4-2/h21,23,56,58,64,66,69-70,73-74H,3-20,22,24-55,57,59-63,65,67-68H2,1-2H3,(H,72,75)/b23-21-,58-56+,66-64+. The van der Waals surface area contributed by atoms with Crippen molar-refractivity contribution in [3.8, 4) is 0 Å². The summed E-state index contributed by atoms with van der Waals surface area (Å²) in [7, 11) is 0. The van der Waals surface area contributed by atoms with Crippen molar-refractivity contribution >= 4 is 5.91 Å². The van der Waals surface area contributed by atoms with Gasteiger partial charge in [0.05, 0.1) is 18.8 Å². The zero-order valence-corrected chi connectivity index (χ0v) is 51.3. The molecule has 0 bridgehead atoms. The van der Waals surface area contributed by atoms with Gasteiger partial charge in [-0.1, -0.05) is 365 Å². The highest BCUT2D eigenvalue weighted by atomic mass is 16.3. The second-order valence-electron chi connectivity index (χ2n) is 23.9. The molecule has 0 aliphatic carbocycles. The lowest BCUT2D eigenvalue weighted by Crippen LogP contribution is -2.45. The zero-order chi connectivity index (χ0) is 54.1. The largest absolute Gasteiger partial charge is 0.394 e. The molecule has 0 aromatic carbocycles. The fourth-order valence-electron chi connectivity index (χ4n) is 11.1. The fraction of sp³-hybridized carbons (Fsp3) is 0.901. The van der Waals surface area contributed by atoms with Crippen molar-refractivity contribution in [2.45, 2.75) is 405 Å². The third-order valence-corrected chi connectivity index (χ3v) is 16.3. The molecule has 0 aromatic heterocycles. The van der Waals surface area contributed by atoms with E-state index in [1.54, 1.807) is 6.08 Å². The van der Waals surface area contributed by atoms with Crippen LogP contribution in [0.5, 0.6) is 0 Å². The number of nitrogens with one attached hydrogen (secondary N) is 1. The maximum Gasteiger partial charge on any atom is 0.220 e. The molecule has 444 valence electrons. The van der Waals surface area contributed by atoms with E-state index in [1.165, 1.54) is 340 Å². The monoisotopic (exact) mass is 1050 g/mol. The molecule has 0 heterocycles. The molecule has 4 nitrogen and oxygen atoms in total. The molecular formula is C71H137NO3. The van der Waals surface area contributed by atoms with Crippen LogP contribution < -0.4 is 5.32 Å². The second kappa shape index (κ2) is 66.9. The minimum atomic E-state index is -0.862. The average molecular weight is 1050 g/mol. The predicted molar refractivity (Wildman–Crippen MR) is 336 cm³/mol. The van der Waals surface area contributed by atoms with Gasteiger partial charge in [-0.2, -0.15) is 0 Å². The number of carbonyl (C=O) groups excluding carboxylic acids is 1. The first-order valence-electron chi connectivity index (χ1n) is 34.7. The first-order valence-corrected chi connectivity index (χ1v) is 34.7. The molecule has 0 spiro atoms. The molecule has 0 aliphatic rings. The molecule has 0 aliphatic heterocycles. The van der Waals surface area contributed by atoms with Crippen LogP contribution in [0.2, 0.25) is 0 Å². The number of hydrogen-bond acceptors (Lipinski definition) is 3. The molecule has 0 aromatic rings. The summed E-state index contributed by atoms with van der Waals surface area (Å²) in [4.78, 5) is 12.5. The van der Waals surface area contributed by atoms with E-state index in [0.717, 1.165) is 32.1 Å². The van der Waals surface area contributed by atoms with Crippen molar-refractivity contribution in [1.29, 1.82) is 0 Å². The van der Waals surface area contributed by atoms with Gasteiger partial charge in [0.2, 0.25) is 5.91 Å². The zero-order valence-electron chi connectivity index (χ0n) is 51.3. The summed E-state index contributed by atoms with van der Waals surface area (Å²) in [6, 6.07) is -0.638. The van der Waals surface area contributed by atoms with Crippen LogP contribution in [0.3, 0.4) is 0 Å². The summed E-state index contributed by atoms with van der Waals surface area (Å²) in [6.45, 7) is 4.34. The third kappa shape index (κ3) is 63.3. The molecule has 2 atom stereocenters. The topological polar surface area (TPSA) is 69.6 Å². The minimum Gasteiger partial charge on any atom is -0.394 e. The van der Waals surface area contributed by atoms with Crippen LogP contribution in [0.25, 0.3) is 0 Å². The molecule has 4 heteroatoms. The molecule has 3 N–H and O–H groups in total. The summed E-state index contributed by atoms with van der Waals surface area (Å²) in [5, 5.41) is 23.2. The van der Waals surface area contributed by atoms with Crippen LogP contribution in [0.15, 0.2) is 36.5 Å². The quantitative estimate of drug-likeness (QED) is 0.0420. The van der Waals surface area contributed by atoms with Gasteiger partial charge in [0.15, 0.2) is 0 Å². The lowest BCUT2D eigenvalue weighted by Gasteiger charge is -2.19. The Morgan fingerprint density at radius 2 is 0.520 bits per heavy atom. The average Bonchev–Trinajstić information content (AvgIpc) is 3.41. The Morgan fingerprint density at radius 3 is 0.773 bits per heavy atom. The molecule has 0 saturated carbocycles. The smallest absolute Gasteiger partial charge is 0.220 e. The van der Waals surface area contributed by atoms with Gasteiger partial charge in [0.1, 0.15) is 0 Å². The van der Waals surface area contributed by atoms with Crippen LogP contribution in [0.1, 0.15) is 393 Å². The summed E-state index contributed by atoms with van der Waals surface area (Å²) < 4.78 is 0. The van der Waals surface area contributed by atoms with E-state index >= 15 is 0 Å². The van der Waals surface area contributed by atoms with Crippen molar-refractivity contribution in [2.75, 3.05) is 6.61 Å². The highest BCUT2D eigenvalue weighted by Gasteiger charge is 2.18. The van der Waals surface area contributed by atoms with Gasteiger partial charge in [0, 0.05) is 6.42 Å². The summed E-state index contributed by atoms with van der Waals surface area (Å²) in [5.74, 6) is -0.0653. The van der Waals surface area contributed by atoms with Crippen LogP contribution in [-0.2, 0) is 4.79 Å². The van der Waals surface area contributed by atoms with Crippen molar-refractivity contribution in [1.82, 2.24) is 5.32 Å². The summed E-state index contributed by atoms with van der Waals surface area (Å²) in [5.41, 5.74) is 0. The normalized spacial score (nSPS) is 12.9. The van der Waals surface area contributed by atoms with E-state index in [1.807, 2.05) is 6.08 Å². The maximum atomic E-state index is 12.5. The summed E-state index contributed by atoms with van der Waals surface area (Å²) in [6.07, 6.45) is 92.4. The van der Waals surface area contributed by atoms with Gasteiger partial charge in [0.25, 0.3) is 0 Å². The van der Waals surface area contributed by atoms with Gasteiger partial charge in [-0.05, 0) is 57.8 Å². The highest BCUT2D eigenvalue weighted by molar-refractivity contribution is 5.76. The van der Waals surface area contributed by atoms with Crippen LogP contribution in [-0.4, -0.2) is 34.9 Å². The Labute approximate surface area is 472 Å². The van der Waals surface area contributed by atoms with Crippen molar-refractivity contribution in [2.24, 2.45) is 0 Å². The van der Waals surface area contributed by atoms with Crippen molar-refractivity contribution in [3.63, 3.8) is 0 Å². The van der Waals surface area contributed by atoms with E-state index in [9.17, 15) is 15.0 Å². The molecule has 0 rings (SSSR count). The van der Waals surface area contributed by atoms with E-state index in [4.69, 9.17) is 0 Å². The lowest BCUT2D eigenvalue weighted by atomic mass is 10.0. The second-order valence-corrected chi connectivity index (χ2v) is 23.9. The van der Waals surface area contributed by atoms with E-state index in [2.05, 4.69) is 43.5 Å². The van der Waals surface area contributed by atoms with Gasteiger partial charge in [-0.15, -0.1) is 0 Å². The number of aliphatic hydroxyl groups excluding tert-OH is 2. The third-order valence-electron chi connectivity index (χ3n) is 16.3. The van der Waals surface area contributed by atoms with Gasteiger partial charge in [-0.3, -0.25) is 4.79 Å². The van der Waals surface area contributed by atoms with Crippen molar-refractivity contribution in [3.05, 3.63) is 36.5 Å². The first-order chi connectivity index (χ1) is 37.2. The molecule has 75 heavy (non-hydrogen) atoms. The van der Waals surface area contributed by atoms with Crippen LogP contribution >= 0.6 is 0 Å². The molecular weight excluding hydrogens is 915 g/mol. The number of hydrogen-bond donors (Lipinski definition) is 3. The summed E-state index contributed by atoms with van der Waals surface area (Å²) >= 11 is 0. The first kappa shape index (κ1) is 73.6. The Hall–Kier alpha value is -1.39. The molecule has 2 unspecified atom stereocenters. The van der Waals surface area contributed by atoms with E-state index in [0.29, 0.717) is 6.42 Å². The number of amides is 1. The van der Waals surface area contributed by atoms with E-state index in [-0.39, 0.29) is 12.5 Å². The SMILES string of the molecule is CCCCCCCCCC/C=C\CCCCCCCCCCCCCCCCCCCCCCCCCCCCCC(=O)NC(CO)C(O)/C=C/CC/C=C/CCCCCCCCCCCCCCCCCCCC. The Morgan fingerprint density at radius 1 is 0.307 bits per heavy atom. The Bertz CT molecular complexity index is 1150. The molecule has 0 saturated heterocycles. The number of aliphatic hydroxyl groups is 2. The number of rotatable bonds is 65.